The molecule has 0 spiro atoms. The number of nitrogens with one attached hydrogen (secondary N) is 2. The van der Waals surface area contributed by atoms with Gasteiger partial charge < -0.3 is 5.32 Å². The summed E-state index contributed by atoms with van der Waals surface area (Å²) in [7, 11) is 0. The predicted octanol–water partition coefficient (Wildman–Crippen LogP) is 2.24. The van der Waals surface area contributed by atoms with E-state index in [9.17, 15) is 0 Å². The number of rotatable bonds is 6. The molecule has 1 heterocycles. The minimum atomic E-state index is 0.486. The summed E-state index contributed by atoms with van der Waals surface area (Å²) in [5, 5.41) is 7.74. The minimum absolute atomic E-state index is 0.486. The van der Waals surface area contributed by atoms with Gasteiger partial charge in [0.15, 0.2) is 5.11 Å². The standard InChI is InChI=1S/C13H18N4S/c1-3-7-12(11-8-5-6-10-14-11)16-17-13(18)15-9-4-2/h4-6,8,10H,2-3,7,9H2,1H3,(H2,15,17,18)/b16-12-. The molecule has 18 heavy (non-hydrogen) atoms. The normalized spacial score (nSPS) is 10.8. The fraction of sp³-hybridized carbons (Fsp3) is 0.308. The monoisotopic (exact) mass is 262 g/mol. The average Bonchev–Trinajstić information content (AvgIpc) is 2.42. The van der Waals surface area contributed by atoms with E-state index >= 15 is 0 Å². The zero-order valence-corrected chi connectivity index (χ0v) is 11.3. The fourth-order valence-electron chi connectivity index (χ4n) is 1.33. The molecule has 0 amide bonds. The zero-order chi connectivity index (χ0) is 13.2. The highest BCUT2D eigenvalue weighted by atomic mass is 32.1. The second kappa shape index (κ2) is 8.36. The Morgan fingerprint density at radius 3 is 3.00 bits per heavy atom. The van der Waals surface area contributed by atoms with Gasteiger partial charge in [0.25, 0.3) is 0 Å². The molecule has 0 aliphatic heterocycles. The maximum absolute atomic E-state index is 5.07. The van der Waals surface area contributed by atoms with Crippen LogP contribution in [0.2, 0.25) is 0 Å². The lowest BCUT2D eigenvalue weighted by Crippen LogP contribution is -2.32. The highest BCUT2D eigenvalue weighted by Crippen LogP contribution is 2.02. The van der Waals surface area contributed by atoms with E-state index in [1.807, 2.05) is 18.2 Å². The molecule has 1 aromatic heterocycles. The summed E-state index contributed by atoms with van der Waals surface area (Å²) < 4.78 is 0. The van der Waals surface area contributed by atoms with Crippen LogP contribution in [-0.2, 0) is 0 Å². The van der Waals surface area contributed by atoms with Crippen LogP contribution in [0.25, 0.3) is 0 Å². The van der Waals surface area contributed by atoms with Gasteiger partial charge in [0.05, 0.1) is 11.4 Å². The Balaban J connectivity index is 2.67. The molecule has 0 aliphatic rings. The smallest absolute Gasteiger partial charge is 0.187 e. The minimum Gasteiger partial charge on any atom is -0.358 e. The van der Waals surface area contributed by atoms with Gasteiger partial charge in [0.1, 0.15) is 0 Å². The summed E-state index contributed by atoms with van der Waals surface area (Å²) in [4.78, 5) is 4.29. The molecule has 0 saturated carbocycles. The van der Waals surface area contributed by atoms with Crippen LogP contribution in [0.1, 0.15) is 25.5 Å². The summed E-state index contributed by atoms with van der Waals surface area (Å²) in [5.74, 6) is 0. The van der Waals surface area contributed by atoms with Gasteiger partial charge in [0, 0.05) is 12.7 Å². The van der Waals surface area contributed by atoms with Crippen LogP contribution in [0, 0.1) is 0 Å². The molecule has 96 valence electrons. The van der Waals surface area contributed by atoms with Gasteiger partial charge in [-0.1, -0.05) is 25.5 Å². The number of aromatic nitrogens is 1. The second-order valence-electron chi connectivity index (χ2n) is 3.63. The third-order valence-corrected chi connectivity index (χ3v) is 2.38. The second-order valence-corrected chi connectivity index (χ2v) is 4.04. The number of hydrazone groups is 1. The molecule has 0 bridgehead atoms. The lowest BCUT2D eigenvalue weighted by atomic mass is 10.1. The van der Waals surface area contributed by atoms with Crippen molar-refractivity contribution in [2.75, 3.05) is 6.54 Å². The first-order valence-electron chi connectivity index (χ1n) is 5.90. The fourth-order valence-corrected chi connectivity index (χ4v) is 1.46. The van der Waals surface area contributed by atoms with E-state index < -0.39 is 0 Å². The van der Waals surface area contributed by atoms with Gasteiger partial charge in [-0.3, -0.25) is 10.4 Å². The summed E-state index contributed by atoms with van der Waals surface area (Å²) in [6, 6.07) is 5.77. The van der Waals surface area contributed by atoms with Crippen molar-refractivity contribution in [1.82, 2.24) is 15.7 Å². The largest absolute Gasteiger partial charge is 0.358 e. The van der Waals surface area contributed by atoms with Crippen molar-refractivity contribution in [2.45, 2.75) is 19.8 Å². The summed E-state index contributed by atoms with van der Waals surface area (Å²) in [5.41, 5.74) is 4.60. The van der Waals surface area contributed by atoms with Gasteiger partial charge >= 0.3 is 0 Å². The first-order valence-corrected chi connectivity index (χ1v) is 6.31. The van der Waals surface area contributed by atoms with Crippen LogP contribution < -0.4 is 10.7 Å². The Hall–Kier alpha value is -1.75. The lowest BCUT2D eigenvalue weighted by Gasteiger charge is -2.07. The Kier molecular flexibility index (Phi) is 6.64. The van der Waals surface area contributed by atoms with Crippen LogP contribution in [0.3, 0.4) is 0 Å². The van der Waals surface area contributed by atoms with Crippen molar-refractivity contribution >= 4 is 23.0 Å². The Bertz CT molecular complexity index is 414. The molecule has 0 unspecified atom stereocenters. The van der Waals surface area contributed by atoms with Crippen molar-refractivity contribution in [2.24, 2.45) is 5.10 Å². The molecule has 0 fully saturated rings. The maximum atomic E-state index is 5.07. The van der Waals surface area contributed by atoms with Gasteiger partial charge in [-0.25, -0.2) is 0 Å². The third-order valence-electron chi connectivity index (χ3n) is 2.15. The maximum Gasteiger partial charge on any atom is 0.187 e. The molecule has 1 rings (SSSR count). The molecule has 0 aliphatic carbocycles. The van der Waals surface area contributed by atoms with Crippen LogP contribution >= 0.6 is 12.2 Å². The van der Waals surface area contributed by atoms with Crippen molar-refractivity contribution < 1.29 is 0 Å². The van der Waals surface area contributed by atoms with Gasteiger partial charge in [-0.15, -0.1) is 6.58 Å². The zero-order valence-electron chi connectivity index (χ0n) is 10.5. The number of hydrogen-bond acceptors (Lipinski definition) is 3. The summed E-state index contributed by atoms with van der Waals surface area (Å²) in [6.45, 7) is 6.33. The third kappa shape index (κ3) is 5.05. The molecule has 5 heteroatoms. The number of pyridine rings is 1. The number of nitrogens with zero attached hydrogens (tertiary/aromatic N) is 2. The molecular weight excluding hydrogens is 244 g/mol. The van der Waals surface area contributed by atoms with E-state index in [-0.39, 0.29) is 0 Å². The quantitative estimate of drug-likeness (QED) is 0.357. The Morgan fingerprint density at radius 1 is 1.56 bits per heavy atom. The van der Waals surface area contributed by atoms with E-state index in [0.29, 0.717) is 11.7 Å². The van der Waals surface area contributed by atoms with Crippen LogP contribution in [0.5, 0.6) is 0 Å². The number of hydrogen-bond donors (Lipinski definition) is 2. The molecular formula is C13H18N4S. The molecule has 1 aromatic rings. The SMILES string of the molecule is C=CCNC(=S)N/N=C(/CCC)c1ccccn1. The topological polar surface area (TPSA) is 49.3 Å². The van der Waals surface area contributed by atoms with E-state index in [4.69, 9.17) is 12.2 Å². The highest BCUT2D eigenvalue weighted by molar-refractivity contribution is 7.80. The first kappa shape index (κ1) is 14.3. The predicted molar refractivity (Wildman–Crippen MR) is 79.6 cm³/mol. The Morgan fingerprint density at radius 2 is 2.39 bits per heavy atom. The van der Waals surface area contributed by atoms with Crippen molar-refractivity contribution in [3.8, 4) is 0 Å². The van der Waals surface area contributed by atoms with E-state index in [1.54, 1.807) is 12.3 Å². The van der Waals surface area contributed by atoms with Crippen LogP contribution in [0.4, 0.5) is 0 Å². The molecule has 0 saturated heterocycles. The van der Waals surface area contributed by atoms with Gasteiger partial charge in [0.2, 0.25) is 0 Å². The van der Waals surface area contributed by atoms with Crippen LogP contribution in [0.15, 0.2) is 42.2 Å². The van der Waals surface area contributed by atoms with E-state index in [1.165, 1.54) is 0 Å². The highest BCUT2D eigenvalue weighted by Gasteiger charge is 2.03. The summed E-state index contributed by atoms with van der Waals surface area (Å²) in [6.07, 6.45) is 5.36. The van der Waals surface area contributed by atoms with Crippen molar-refractivity contribution in [1.29, 1.82) is 0 Å². The summed E-state index contributed by atoms with van der Waals surface area (Å²) >= 11 is 5.07. The van der Waals surface area contributed by atoms with Crippen molar-refractivity contribution in [3.63, 3.8) is 0 Å². The van der Waals surface area contributed by atoms with E-state index in [0.717, 1.165) is 24.2 Å². The molecule has 0 aromatic carbocycles. The molecule has 2 N–H and O–H groups in total. The lowest BCUT2D eigenvalue weighted by molar-refractivity contribution is 0.910. The van der Waals surface area contributed by atoms with Gasteiger partial charge in [-0.2, -0.15) is 5.10 Å². The van der Waals surface area contributed by atoms with Crippen molar-refractivity contribution in [3.05, 3.63) is 42.7 Å². The Labute approximate surface area is 113 Å². The molecule has 0 atom stereocenters. The van der Waals surface area contributed by atoms with Crippen LogP contribution in [-0.4, -0.2) is 22.4 Å². The molecule has 0 radical (unpaired) electrons. The molecule has 4 nitrogen and oxygen atoms in total. The van der Waals surface area contributed by atoms with E-state index in [2.05, 4.69) is 34.3 Å². The average molecular weight is 262 g/mol. The van der Waals surface area contributed by atoms with Gasteiger partial charge in [-0.05, 0) is 30.8 Å². The number of thiocarbonyl (C=S) groups is 1. The first-order chi connectivity index (χ1) is 8.77.